The van der Waals surface area contributed by atoms with Gasteiger partial charge in [0.15, 0.2) is 0 Å². The van der Waals surface area contributed by atoms with Crippen molar-refractivity contribution in [2.75, 3.05) is 25.0 Å². The number of benzene rings is 1. The molecule has 0 aliphatic carbocycles. The van der Waals surface area contributed by atoms with Gasteiger partial charge in [-0.15, -0.1) is 0 Å². The Kier molecular flexibility index (Phi) is 5.12. The third-order valence-electron chi connectivity index (χ3n) is 3.33. The van der Waals surface area contributed by atoms with Gasteiger partial charge in [-0.05, 0) is 44.5 Å². The van der Waals surface area contributed by atoms with Crippen LogP contribution >= 0.6 is 0 Å². The summed E-state index contributed by atoms with van der Waals surface area (Å²) in [4.78, 5) is 23.8. The zero-order valence-electron chi connectivity index (χ0n) is 11.6. The SMILES string of the molecule is CCOC(=O)c1ccccc1NC(=O)CC1CCNC1. The molecule has 1 aromatic rings. The third-order valence-corrected chi connectivity index (χ3v) is 3.33. The fourth-order valence-electron chi connectivity index (χ4n) is 2.33. The maximum Gasteiger partial charge on any atom is 0.340 e. The number of amides is 1. The molecule has 1 amide bonds. The van der Waals surface area contributed by atoms with Crippen LogP contribution in [0.2, 0.25) is 0 Å². The van der Waals surface area contributed by atoms with Gasteiger partial charge in [0.05, 0.1) is 17.9 Å². The number of para-hydroxylation sites is 1. The molecule has 108 valence electrons. The molecule has 2 rings (SSSR count). The van der Waals surface area contributed by atoms with Gasteiger partial charge in [-0.2, -0.15) is 0 Å². The maximum atomic E-state index is 12.0. The summed E-state index contributed by atoms with van der Waals surface area (Å²) in [5, 5.41) is 6.04. The van der Waals surface area contributed by atoms with Gasteiger partial charge in [-0.1, -0.05) is 12.1 Å². The van der Waals surface area contributed by atoms with Crippen LogP contribution in [0.4, 0.5) is 5.69 Å². The molecule has 1 aliphatic heterocycles. The molecule has 2 N–H and O–H groups in total. The number of hydrogen-bond acceptors (Lipinski definition) is 4. The predicted octanol–water partition coefficient (Wildman–Crippen LogP) is 1.80. The van der Waals surface area contributed by atoms with E-state index < -0.39 is 5.97 Å². The summed E-state index contributed by atoms with van der Waals surface area (Å²) in [5.41, 5.74) is 0.911. The van der Waals surface area contributed by atoms with E-state index in [9.17, 15) is 9.59 Å². The van der Waals surface area contributed by atoms with Gasteiger partial charge < -0.3 is 15.4 Å². The third kappa shape index (κ3) is 3.81. The highest BCUT2D eigenvalue weighted by Gasteiger charge is 2.19. The Balaban J connectivity index is 2.00. The fourth-order valence-corrected chi connectivity index (χ4v) is 2.33. The lowest BCUT2D eigenvalue weighted by atomic mass is 10.0. The van der Waals surface area contributed by atoms with Crippen LogP contribution in [-0.2, 0) is 9.53 Å². The molecule has 5 nitrogen and oxygen atoms in total. The molecule has 1 heterocycles. The van der Waals surface area contributed by atoms with Crippen LogP contribution in [0.3, 0.4) is 0 Å². The summed E-state index contributed by atoms with van der Waals surface area (Å²) in [6, 6.07) is 6.92. The number of carbonyl (C=O) groups is 2. The monoisotopic (exact) mass is 276 g/mol. The van der Waals surface area contributed by atoms with Crippen LogP contribution < -0.4 is 10.6 Å². The lowest BCUT2D eigenvalue weighted by molar-refractivity contribution is -0.116. The van der Waals surface area contributed by atoms with Crippen LogP contribution in [0.1, 0.15) is 30.1 Å². The van der Waals surface area contributed by atoms with Crippen molar-refractivity contribution in [1.29, 1.82) is 0 Å². The zero-order chi connectivity index (χ0) is 14.4. The van der Waals surface area contributed by atoms with Crippen LogP contribution in [0.25, 0.3) is 0 Å². The van der Waals surface area contributed by atoms with E-state index in [0.29, 0.717) is 30.2 Å². The average Bonchev–Trinajstić information content (AvgIpc) is 2.92. The number of nitrogens with one attached hydrogen (secondary N) is 2. The first kappa shape index (κ1) is 14.5. The van der Waals surface area contributed by atoms with Crippen molar-refractivity contribution in [2.24, 2.45) is 5.92 Å². The normalized spacial score (nSPS) is 17.8. The first-order valence-corrected chi connectivity index (χ1v) is 6.97. The van der Waals surface area contributed by atoms with E-state index >= 15 is 0 Å². The van der Waals surface area contributed by atoms with E-state index in [1.54, 1.807) is 31.2 Å². The van der Waals surface area contributed by atoms with E-state index in [1.807, 2.05) is 0 Å². The van der Waals surface area contributed by atoms with Gasteiger partial charge in [0.25, 0.3) is 0 Å². The Morgan fingerprint density at radius 1 is 1.40 bits per heavy atom. The summed E-state index contributed by atoms with van der Waals surface area (Å²) < 4.78 is 4.98. The Bertz CT molecular complexity index is 482. The van der Waals surface area contributed by atoms with Crippen LogP contribution in [-0.4, -0.2) is 31.6 Å². The zero-order valence-corrected chi connectivity index (χ0v) is 11.6. The van der Waals surface area contributed by atoms with E-state index in [2.05, 4.69) is 10.6 Å². The van der Waals surface area contributed by atoms with Gasteiger partial charge in [0, 0.05) is 6.42 Å². The molecule has 20 heavy (non-hydrogen) atoms. The minimum absolute atomic E-state index is 0.0598. The van der Waals surface area contributed by atoms with Crippen molar-refractivity contribution < 1.29 is 14.3 Å². The Labute approximate surface area is 118 Å². The summed E-state index contributed by atoms with van der Waals surface area (Å²) >= 11 is 0. The smallest absolute Gasteiger partial charge is 0.340 e. The van der Waals surface area contributed by atoms with Gasteiger partial charge in [0.1, 0.15) is 0 Å². The second kappa shape index (κ2) is 7.05. The number of ether oxygens (including phenoxy) is 1. The Hall–Kier alpha value is -1.88. The van der Waals surface area contributed by atoms with Gasteiger partial charge >= 0.3 is 5.97 Å². The number of esters is 1. The van der Waals surface area contributed by atoms with E-state index in [4.69, 9.17) is 4.74 Å². The number of hydrogen-bond donors (Lipinski definition) is 2. The summed E-state index contributed by atoms with van der Waals surface area (Å²) in [7, 11) is 0. The number of carbonyl (C=O) groups excluding carboxylic acids is 2. The summed E-state index contributed by atoms with van der Waals surface area (Å²) in [5.74, 6) is -0.0915. The standard InChI is InChI=1S/C15H20N2O3/c1-2-20-15(19)12-5-3-4-6-13(12)17-14(18)9-11-7-8-16-10-11/h3-6,11,16H,2,7-10H2,1H3,(H,17,18). The van der Waals surface area contributed by atoms with Crippen molar-refractivity contribution >= 4 is 17.6 Å². The maximum absolute atomic E-state index is 12.0. The quantitative estimate of drug-likeness (QED) is 0.805. The average molecular weight is 276 g/mol. The van der Waals surface area contributed by atoms with Crippen molar-refractivity contribution in [1.82, 2.24) is 5.32 Å². The van der Waals surface area contributed by atoms with Crippen molar-refractivity contribution in [3.63, 3.8) is 0 Å². The van der Waals surface area contributed by atoms with Crippen LogP contribution in [0.15, 0.2) is 24.3 Å². The number of rotatable bonds is 5. The minimum atomic E-state index is -0.411. The van der Waals surface area contributed by atoms with E-state index in [1.165, 1.54) is 0 Å². The Morgan fingerprint density at radius 3 is 2.90 bits per heavy atom. The second-order valence-electron chi connectivity index (χ2n) is 4.88. The predicted molar refractivity (Wildman–Crippen MR) is 76.6 cm³/mol. The molecule has 1 unspecified atom stereocenters. The summed E-state index contributed by atoms with van der Waals surface area (Å²) in [6.45, 7) is 3.92. The first-order valence-electron chi connectivity index (χ1n) is 6.97. The highest BCUT2D eigenvalue weighted by Crippen LogP contribution is 2.18. The number of anilines is 1. The molecular weight excluding hydrogens is 256 g/mol. The molecule has 1 aromatic carbocycles. The van der Waals surface area contributed by atoms with E-state index in [0.717, 1.165) is 19.5 Å². The molecule has 0 aromatic heterocycles. The molecular formula is C15H20N2O3. The van der Waals surface area contributed by atoms with Crippen molar-refractivity contribution in [2.45, 2.75) is 19.8 Å². The second-order valence-corrected chi connectivity index (χ2v) is 4.88. The first-order chi connectivity index (χ1) is 9.70. The van der Waals surface area contributed by atoms with Crippen molar-refractivity contribution in [3.8, 4) is 0 Å². The molecule has 1 atom stereocenters. The summed E-state index contributed by atoms with van der Waals surface area (Å²) in [6.07, 6.45) is 1.50. The van der Waals surface area contributed by atoms with E-state index in [-0.39, 0.29) is 5.91 Å². The largest absolute Gasteiger partial charge is 0.462 e. The lowest BCUT2D eigenvalue weighted by Gasteiger charge is -2.12. The molecule has 0 saturated carbocycles. The van der Waals surface area contributed by atoms with Crippen LogP contribution in [0, 0.1) is 5.92 Å². The minimum Gasteiger partial charge on any atom is -0.462 e. The Morgan fingerprint density at radius 2 is 2.20 bits per heavy atom. The fraction of sp³-hybridized carbons (Fsp3) is 0.467. The van der Waals surface area contributed by atoms with Crippen molar-refractivity contribution in [3.05, 3.63) is 29.8 Å². The molecule has 0 spiro atoms. The molecule has 0 bridgehead atoms. The van der Waals surface area contributed by atoms with Crippen LogP contribution in [0.5, 0.6) is 0 Å². The molecule has 1 aliphatic rings. The molecule has 5 heteroatoms. The molecule has 1 fully saturated rings. The molecule has 1 saturated heterocycles. The van der Waals surface area contributed by atoms with Gasteiger partial charge in [-0.3, -0.25) is 4.79 Å². The van der Waals surface area contributed by atoms with Gasteiger partial charge in [-0.25, -0.2) is 4.79 Å². The molecule has 0 radical (unpaired) electrons. The van der Waals surface area contributed by atoms with Gasteiger partial charge in [0.2, 0.25) is 5.91 Å². The lowest BCUT2D eigenvalue weighted by Crippen LogP contribution is -2.20. The topological polar surface area (TPSA) is 67.4 Å². The highest BCUT2D eigenvalue weighted by molar-refractivity contribution is 6.01. The highest BCUT2D eigenvalue weighted by atomic mass is 16.5.